The number of rotatable bonds is 2. The fraction of sp³-hybridized carbons (Fsp3) is 0.667. The van der Waals surface area contributed by atoms with Gasteiger partial charge in [-0.25, -0.2) is 4.79 Å². The van der Waals surface area contributed by atoms with Gasteiger partial charge in [0.1, 0.15) is 6.10 Å². The van der Waals surface area contributed by atoms with Gasteiger partial charge >= 0.3 is 5.97 Å². The van der Waals surface area contributed by atoms with Crippen LogP contribution in [0.3, 0.4) is 0 Å². The zero-order valence-electron chi connectivity index (χ0n) is 6.01. The second-order valence-electron chi connectivity index (χ2n) is 2.41. The molecule has 0 amide bonds. The van der Waals surface area contributed by atoms with Gasteiger partial charge in [0.25, 0.3) is 0 Å². The van der Waals surface area contributed by atoms with Gasteiger partial charge in [0.15, 0.2) is 6.10 Å². The third kappa shape index (κ3) is 1.31. The van der Waals surface area contributed by atoms with Crippen molar-refractivity contribution in [3.8, 4) is 0 Å². The summed E-state index contributed by atoms with van der Waals surface area (Å²) < 4.78 is 4.29. The highest BCUT2D eigenvalue weighted by Gasteiger charge is 2.45. The molecular weight excluding hydrogens is 168 g/mol. The van der Waals surface area contributed by atoms with Crippen molar-refractivity contribution < 1.29 is 29.6 Å². The highest BCUT2D eigenvalue weighted by atomic mass is 16.6. The maximum Gasteiger partial charge on any atom is 0.343 e. The molecule has 6 heteroatoms. The Labute approximate surface area is 67.4 Å². The largest absolute Gasteiger partial charge is 0.449 e. The number of Topliss-reactive ketones (excluding diaryl/α,β-unsaturated/α-hetero) is 1. The fourth-order valence-corrected chi connectivity index (χ4v) is 0.883. The number of carbonyl (C=O) groups is 2. The van der Waals surface area contributed by atoms with Crippen molar-refractivity contribution in [2.45, 2.75) is 18.3 Å². The van der Waals surface area contributed by atoms with Crippen LogP contribution < -0.4 is 0 Å². The van der Waals surface area contributed by atoms with Gasteiger partial charge in [-0.15, -0.1) is 0 Å². The number of aliphatic hydroxyl groups excluding tert-OH is 3. The van der Waals surface area contributed by atoms with Crippen LogP contribution in [0.1, 0.15) is 0 Å². The Kier molecular flexibility index (Phi) is 2.41. The van der Waals surface area contributed by atoms with Crippen molar-refractivity contribution in [2.24, 2.45) is 0 Å². The summed E-state index contributed by atoms with van der Waals surface area (Å²) in [4.78, 5) is 21.4. The first-order valence-electron chi connectivity index (χ1n) is 3.29. The Morgan fingerprint density at radius 2 is 2.08 bits per heavy atom. The van der Waals surface area contributed by atoms with Gasteiger partial charge in [0.05, 0.1) is 6.61 Å². The Hall–Kier alpha value is -0.980. The second-order valence-corrected chi connectivity index (χ2v) is 2.41. The van der Waals surface area contributed by atoms with Gasteiger partial charge in [-0.1, -0.05) is 0 Å². The maximum atomic E-state index is 10.8. The van der Waals surface area contributed by atoms with Crippen molar-refractivity contribution in [1.82, 2.24) is 0 Å². The van der Waals surface area contributed by atoms with Crippen molar-refractivity contribution in [1.29, 1.82) is 0 Å². The number of aliphatic hydroxyl groups is 3. The number of ether oxygens (including phenoxy) is 1. The van der Waals surface area contributed by atoms with Crippen LogP contribution in [0.4, 0.5) is 0 Å². The van der Waals surface area contributed by atoms with E-state index in [2.05, 4.69) is 4.74 Å². The van der Waals surface area contributed by atoms with E-state index in [9.17, 15) is 9.59 Å². The predicted octanol–water partition coefficient (Wildman–Crippen LogP) is -2.80. The first-order chi connectivity index (χ1) is 5.57. The van der Waals surface area contributed by atoms with E-state index in [-0.39, 0.29) is 0 Å². The molecule has 0 spiro atoms. The molecule has 1 heterocycles. The molecule has 68 valence electrons. The molecule has 0 aromatic rings. The van der Waals surface area contributed by atoms with Crippen LogP contribution in [0.25, 0.3) is 0 Å². The van der Waals surface area contributed by atoms with Crippen molar-refractivity contribution in [2.75, 3.05) is 6.61 Å². The van der Waals surface area contributed by atoms with Gasteiger partial charge in [0.2, 0.25) is 11.9 Å². The Bertz CT molecular complexity index is 212. The van der Waals surface area contributed by atoms with E-state index in [1.165, 1.54) is 0 Å². The molecule has 0 saturated carbocycles. The van der Waals surface area contributed by atoms with E-state index < -0.39 is 36.7 Å². The molecule has 3 atom stereocenters. The van der Waals surface area contributed by atoms with Gasteiger partial charge in [-0.2, -0.15) is 0 Å². The number of ketones is 1. The third-order valence-electron chi connectivity index (χ3n) is 1.55. The molecule has 0 radical (unpaired) electrons. The van der Waals surface area contributed by atoms with Crippen LogP contribution in [0.2, 0.25) is 0 Å². The normalized spacial score (nSPS) is 31.9. The van der Waals surface area contributed by atoms with Gasteiger partial charge in [-0.3, -0.25) is 4.79 Å². The maximum absolute atomic E-state index is 10.8. The van der Waals surface area contributed by atoms with E-state index in [0.29, 0.717) is 0 Å². The zero-order valence-corrected chi connectivity index (χ0v) is 6.01. The lowest BCUT2D eigenvalue weighted by Gasteiger charge is -2.11. The van der Waals surface area contributed by atoms with Gasteiger partial charge in [-0.05, 0) is 0 Å². The van der Waals surface area contributed by atoms with Crippen LogP contribution in [0, 0.1) is 0 Å². The molecule has 12 heavy (non-hydrogen) atoms. The summed E-state index contributed by atoms with van der Waals surface area (Å²) in [5.74, 6) is -2.00. The highest BCUT2D eigenvalue weighted by molar-refractivity contribution is 6.09. The van der Waals surface area contributed by atoms with Gasteiger partial charge < -0.3 is 20.1 Å². The summed E-state index contributed by atoms with van der Waals surface area (Å²) >= 11 is 0. The molecule has 1 rings (SSSR count). The first kappa shape index (κ1) is 9.11. The molecule has 0 bridgehead atoms. The SMILES string of the molecule is O=C1O[C@H](C(O)CO)C(=O)C1O. The molecule has 0 aliphatic carbocycles. The van der Waals surface area contributed by atoms with Crippen molar-refractivity contribution in [3.05, 3.63) is 0 Å². The minimum Gasteiger partial charge on any atom is -0.449 e. The first-order valence-corrected chi connectivity index (χ1v) is 3.29. The van der Waals surface area contributed by atoms with E-state index in [4.69, 9.17) is 15.3 Å². The summed E-state index contributed by atoms with van der Waals surface area (Å²) in [7, 11) is 0. The summed E-state index contributed by atoms with van der Waals surface area (Å²) in [6.45, 7) is -0.698. The smallest absolute Gasteiger partial charge is 0.343 e. The number of hydrogen-bond donors (Lipinski definition) is 3. The minimum atomic E-state index is -1.82. The molecule has 1 aliphatic rings. The fourth-order valence-electron chi connectivity index (χ4n) is 0.883. The molecule has 3 N–H and O–H groups in total. The lowest BCUT2D eigenvalue weighted by Crippen LogP contribution is -2.36. The quantitative estimate of drug-likeness (QED) is 0.310. The topological polar surface area (TPSA) is 104 Å². The van der Waals surface area contributed by atoms with Crippen molar-refractivity contribution >= 4 is 11.8 Å². The summed E-state index contributed by atoms with van der Waals surface area (Å²) in [6, 6.07) is 0. The molecule has 1 saturated heterocycles. The molecule has 0 aromatic carbocycles. The number of carbonyl (C=O) groups excluding carboxylic acids is 2. The average molecular weight is 176 g/mol. The Morgan fingerprint density at radius 3 is 2.42 bits per heavy atom. The van der Waals surface area contributed by atoms with E-state index in [1.807, 2.05) is 0 Å². The van der Waals surface area contributed by atoms with E-state index >= 15 is 0 Å². The average Bonchev–Trinajstić information content (AvgIpc) is 2.32. The second kappa shape index (κ2) is 3.18. The molecule has 1 fully saturated rings. The van der Waals surface area contributed by atoms with Crippen LogP contribution in [0.5, 0.6) is 0 Å². The highest BCUT2D eigenvalue weighted by Crippen LogP contribution is 2.13. The summed E-state index contributed by atoms with van der Waals surface area (Å²) in [5.41, 5.74) is 0. The Balaban J connectivity index is 2.71. The molecular formula is C6H8O6. The van der Waals surface area contributed by atoms with Gasteiger partial charge in [0, 0.05) is 0 Å². The molecule has 1 aliphatic heterocycles. The van der Waals surface area contributed by atoms with Crippen LogP contribution >= 0.6 is 0 Å². The third-order valence-corrected chi connectivity index (χ3v) is 1.55. The summed E-state index contributed by atoms with van der Waals surface area (Å²) in [6.07, 6.45) is -4.72. The molecule has 0 aromatic heterocycles. The van der Waals surface area contributed by atoms with E-state index in [0.717, 1.165) is 0 Å². The van der Waals surface area contributed by atoms with Crippen LogP contribution in [0.15, 0.2) is 0 Å². The van der Waals surface area contributed by atoms with Crippen LogP contribution in [-0.4, -0.2) is 52.0 Å². The predicted molar refractivity (Wildman–Crippen MR) is 34.0 cm³/mol. The van der Waals surface area contributed by atoms with Crippen molar-refractivity contribution in [3.63, 3.8) is 0 Å². The molecule has 2 unspecified atom stereocenters. The number of esters is 1. The Morgan fingerprint density at radius 1 is 1.50 bits per heavy atom. The number of cyclic esters (lactones) is 1. The summed E-state index contributed by atoms with van der Waals surface area (Å²) in [5, 5.41) is 26.1. The standard InChI is InChI=1S/C6H8O6/c7-1-2(8)5-3(9)4(10)6(11)12-5/h2,4-5,7-8,10H,1H2/t2?,4?,5-/m1/s1. The zero-order chi connectivity index (χ0) is 9.30. The lowest BCUT2D eigenvalue weighted by atomic mass is 10.1. The number of hydrogen-bond acceptors (Lipinski definition) is 6. The minimum absolute atomic E-state index is 0.698. The lowest BCUT2D eigenvalue weighted by molar-refractivity contribution is -0.151. The monoisotopic (exact) mass is 176 g/mol. The molecule has 6 nitrogen and oxygen atoms in total. The van der Waals surface area contributed by atoms with E-state index in [1.54, 1.807) is 0 Å². The van der Waals surface area contributed by atoms with Crippen LogP contribution in [-0.2, 0) is 14.3 Å².